The largest absolute Gasteiger partial charge is 0.384 e. The van der Waals surface area contributed by atoms with Gasteiger partial charge in [0.25, 0.3) is 0 Å². The summed E-state index contributed by atoms with van der Waals surface area (Å²) in [4.78, 5) is 14.7. The third kappa shape index (κ3) is 3.43. The first-order valence-electron chi connectivity index (χ1n) is 12.3. The molecule has 1 aromatic rings. The van der Waals surface area contributed by atoms with Crippen LogP contribution in [0.2, 0.25) is 0 Å². The molecule has 0 bridgehead atoms. The molecule has 4 saturated carbocycles. The van der Waals surface area contributed by atoms with Gasteiger partial charge in [-0.15, -0.1) is 10.2 Å². The van der Waals surface area contributed by atoms with Gasteiger partial charge < -0.3 is 4.74 Å². The second kappa shape index (κ2) is 7.99. The molecule has 4 aliphatic carbocycles. The maximum atomic E-state index is 13.2. The molecule has 0 aliphatic heterocycles. The molecule has 0 amide bonds. The first-order valence-corrected chi connectivity index (χ1v) is 12.3. The van der Waals surface area contributed by atoms with E-state index in [1.165, 1.54) is 56.2 Å². The number of tetrazole rings is 1. The van der Waals surface area contributed by atoms with Crippen LogP contribution in [0.5, 0.6) is 0 Å². The second-order valence-corrected chi connectivity index (χ2v) is 11.1. The van der Waals surface area contributed by atoms with Gasteiger partial charge in [0, 0.05) is 19.6 Å². The fourth-order valence-electron chi connectivity index (χ4n) is 8.51. The van der Waals surface area contributed by atoms with Crippen molar-refractivity contribution in [2.24, 2.45) is 46.8 Å². The highest BCUT2D eigenvalue weighted by atomic mass is 16.5. The van der Waals surface area contributed by atoms with Crippen molar-refractivity contribution in [1.82, 2.24) is 20.2 Å². The Morgan fingerprint density at radius 2 is 1.93 bits per heavy atom. The summed E-state index contributed by atoms with van der Waals surface area (Å²) in [6.45, 7) is 5.49. The SMILES string of the molecule is COCC1CCC2C(CCC3C2CCC2(C)C(C(=O)Cn4nnc(C)n4)CCC32)C1. The highest BCUT2D eigenvalue weighted by Crippen LogP contribution is 2.64. The van der Waals surface area contributed by atoms with E-state index in [1.54, 1.807) is 0 Å². The van der Waals surface area contributed by atoms with Gasteiger partial charge in [0.05, 0.1) is 0 Å². The number of ketones is 1. The minimum atomic E-state index is 0.171. The molecular weight excluding hydrogens is 376 g/mol. The fourth-order valence-corrected chi connectivity index (χ4v) is 8.51. The number of hydrogen-bond acceptors (Lipinski definition) is 5. The molecule has 0 radical (unpaired) electrons. The van der Waals surface area contributed by atoms with Crippen LogP contribution in [0.15, 0.2) is 0 Å². The number of aryl methyl sites for hydroxylation is 1. The van der Waals surface area contributed by atoms with Crippen molar-refractivity contribution in [2.75, 3.05) is 13.7 Å². The monoisotopic (exact) mass is 414 g/mol. The summed E-state index contributed by atoms with van der Waals surface area (Å²) in [7, 11) is 1.85. The van der Waals surface area contributed by atoms with Crippen LogP contribution >= 0.6 is 0 Å². The van der Waals surface area contributed by atoms with Crippen LogP contribution in [0.1, 0.15) is 70.5 Å². The van der Waals surface area contributed by atoms with E-state index in [9.17, 15) is 4.79 Å². The van der Waals surface area contributed by atoms with Crippen LogP contribution in [0.25, 0.3) is 0 Å². The Balaban J connectivity index is 1.28. The van der Waals surface area contributed by atoms with Crippen molar-refractivity contribution in [2.45, 2.75) is 78.2 Å². The van der Waals surface area contributed by atoms with Gasteiger partial charge in [-0.25, -0.2) is 0 Å². The number of nitrogens with zero attached hydrogens (tertiary/aromatic N) is 4. The summed E-state index contributed by atoms with van der Waals surface area (Å²) in [5.41, 5.74) is 0.175. The number of carbonyl (C=O) groups excluding carboxylic acids is 1. The Morgan fingerprint density at radius 3 is 2.70 bits per heavy atom. The van der Waals surface area contributed by atoms with E-state index < -0.39 is 0 Å². The van der Waals surface area contributed by atoms with Gasteiger partial charge >= 0.3 is 0 Å². The van der Waals surface area contributed by atoms with Crippen molar-refractivity contribution in [3.63, 3.8) is 0 Å². The van der Waals surface area contributed by atoms with Crippen molar-refractivity contribution in [3.05, 3.63) is 5.82 Å². The predicted octanol–water partition coefficient (Wildman–Crippen LogP) is 4.08. The summed E-state index contributed by atoms with van der Waals surface area (Å²) in [6, 6.07) is 0. The number of Topliss-reactive ketones (excluding diaryl/α,β-unsaturated/α-hetero) is 1. The van der Waals surface area contributed by atoms with E-state index in [4.69, 9.17) is 4.74 Å². The summed E-state index contributed by atoms with van der Waals surface area (Å²) >= 11 is 0. The number of fused-ring (bicyclic) bond motifs is 5. The molecule has 1 aromatic heterocycles. The van der Waals surface area contributed by atoms with Gasteiger partial charge in [-0.2, -0.15) is 4.80 Å². The Morgan fingerprint density at radius 1 is 1.10 bits per heavy atom. The number of carbonyl (C=O) groups is 1. The molecule has 5 rings (SSSR count). The summed E-state index contributed by atoms with van der Waals surface area (Å²) in [6.07, 6.45) is 11.8. The first kappa shape index (κ1) is 20.6. The van der Waals surface area contributed by atoms with Crippen molar-refractivity contribution < 1.29 is 9.53 Å². The highest BCUT2D eigenvalue weighted by Gasteiger charge is 2.58. The summed E-state index contributed by atoms with van der Waals surface area (Å²) in [5, 5.41) is 12.2. The normalized spacial score (nSPS) is 43.0. The molecular formula is C24H38N4O2. The molecule has 8 unspecified atom stereocenters. The maximum absolute atomic E-state index is 13.2. The Kier molecular flexibility index (Phi) is 5.49. The minimum Gasteiger partial charge on any atom is -0.384 e. The molecule has 0 N–H and O–H groups in total. The van der Waals surface area contributed by atoms with Crippen LogP contribution < -0.4 is 0 Å². The van der Waals surface area contributed by atoms with Crippen LogP contribution in [-0.4, -0.2) is 39.7 Å². The maximum Gasteiger partial charge on any atom is 0.171 e. The van der Waals surface area contributed by atoms with E-state index in [1.807, 2.05) is 14.0 Å². The predicted molar refractivity (Wildman–Crippen MR) is 114 cm³/mol. The number of hydrogen-bond donors (Lipinski definition) is 0. The zero-order valence-corrected chi connectivity index (χ0v) is 18.9. The minimum absolute atomic E-state index is 0.171. The lowest BCUT2D eigenvalue weighted by Gasteiger charge is -2.56. The quantitative estimate of drug-likeness (QED) is 0.726. The molecule has 6 nitrogen and oxygen atoms in total. The number of ether oxygens (including phenoxy) is 1. The van der Waals surface area contributed by atoms with Gasteiger partial charge in [-0.1, -0.05) is 6.92 Å². The summed E-state index contributed by atoms with van der Waals surface area (Å²) in [5.74, 6) is 6.23. The van der Waals surface area contributed by atoms with E-state index in [0.717, 1.165) is 48.5 Å². The molecule has 6 heteroatoms. The number of rotatable bonds is 5. The highest BCUT2D eigenvalue weighted by molar-refractivity contribution is 5.81. The molecule has 166 valence electrons. The Labute approximate surface area is 180 Å². The topological polar surface area (TPSA) is 69.9 Å². The third-order valence-electron chi connectivity index (χ3n) is 9.70. The van der Waals surface area contributed by atoms with Crippen LogP contribution in [0.4, 0.5) is 0 Å². The number of methoxy groups -OCH3 is 1. The molecule has 0 saturated heterocycles. The molecule has 0 spiro atoms. The van der Waals surface area contributed by atoms with Crippen LogP contribution in [0, 0.1) is 53.8 Å². The van der Waals surface area contributed by atoms with Crippen molar-refractivity contribution in [1.29, 1.82) is 0 Å². The van der Waals surface area contributed by atoms with Gasteiger partial charge in [-0.05, 0) is 111 Å². The molecule has 8 atom stereocenters. The Hall–Kier alpha value is -1.30. The third-order valence-corrected chi connectivity index (χ3v) is 9.70. The van der Waals surface area contributed by atoms with E-state index in [0.29, 0.717) is 11.6 Å². The number of aromatic nitrogens is 4. The summed E-state index contributed by atoms with van der Waals surface area (Å²) < 4.78 is 5.47. The van der Waals surface area contributed by atoms with E-state index in [-0.39, 0.29) is 17.9 Å². The second-order valence-electron chi connectivity index (χ2n) is 11.1. The van der Waals surface area contributed by atoms with Crippen molar-refractivity contribution >= 4 is 5.78 Å². The average Bonchev–Trinajstić information content (AvgIpc) is 3.30. The zero-order valence-electron chi connectivity index (χ0n) is 18.9. The fraction of sp³-hybridized carbons (Fsp3) is 0.917. The lowest BCUT2D eigenvalue weighted by atomic mass is 9.49. The van der Waals surface area contributed by atoms with Gasteiger partial charge in [0.1, 0.15) is 6.54 Å². The van der Waals surface area contributed by atoms with Crippen LogP contribution in [0.3, 0.4) is 0 Å². The zero-order chi connectivity index (χ0) is 20.9. The van der Waals surface area contributed by atoms with E-state index in [2.05, 4.69) is 22.3 Å². The average molecular weight is 415 g/mol. The van der Waals surface area contributed by atoms with E-state index >= 15 is 0 Å². The van der Waals surface area contributed by atoms with Gasteiger partial charge in [0.15, 0.2) is 11.6 Å². The van der Waals surface area contributed by atoms with Gasteiger partial charge in [-0.3, -0.25) is 4.79 Å². The Bertz CT molecular complexity index is 779. The van der Waals surface area contributed by atoms with Gasteiger partial charge in [0.2, 0.25) is 0 Å². The standard InChI is InChI=1S/C24H38N4O2/c1-15-25-27-28(26-15)13-23(29)22-9-8-21-20-7-5-17-12-16(14-30-3)4-6-18(17)19(20)10-11-24(21,22)2/h16-22H,4-14H2,1-3H3. The van der Waals surface area contributed by atoms with Crippen LogP contribution in [-0.2, 0) is 16.1 Å². The lowest BCUT2D eigenvalue weighted by molar-refractivity contribution is -0.131. The first-order chi connectivity index (χ1) is 14.5. The molecule has 30 heavy (non-hydrogen) atoms. The molecule has 4 aliphatic rings. The molecule has 0 aromatic carbocycles. The van der Waals surface area contributed by atoms with Crippen molar-refractivity contribution in [3.8, 4) is 0 Å². The lowest BCUT2D eigenvalue weighted by Crippen LogP contribution is -2.49. The molecule has 1 heterocycles. The smallest absolute Gasteiger partial charge is 0.171 e. The molecule has 4 fully saturated rings.